The first kappa shape index (κ1) is 27.6. The molecule has 0 spiro atoms. The van der Waals surface area contributed by atoms with E-state index >= 15 is 0 Å². The van der Waals surface area contributed by atoms with Gasteiger partial charge in [-0.2, -0.15) is 0 Å². The molecule has 3 nitrogen and oxygen atoms in total. The summed E-state index contributed by atoms with van der Waals surface area (Å²) in [4.78, 5) is 2.64. The molecule has 1 aromatic rings. The summed E-state index contributed by atoms with van der Waals surface area (Å²) in [7, 11) is -1.01. The van der Waals surface area contributed by atoms with E-state index in [9.17, 15) is 4.21 Å². The average molecular weight is 493 g/mol. The number of likely N-dealkylation sites (tertiary alicyclic amines) is 1. The molecule has 1 aromatic carbocycles. The Morgan fingerprint density at radius 1 is 1.11 bits per heavy atom. The number of benzene rings is 1. The van der Waals surface area contributed by atoms with Gasteiger partial charge in [-0.3, -0.25) is 0 Å². The third kappa shape index (κ3) is 8.56. The second-order valence-electron chi connectivity index (χ2n) is 9.36. The van der Waals surface area contributed by atoms with Crippen molar-refractivity contribution in [1.29, 1.82) is 0 Å². The zero-order valence-corrected chi connectivity index (χ0v) is 22.6. The van der Waals surface area contributed by atoms with E-state index in [1.54, 1.807) is 0 Å². The Morgan fingerprint density at radius 3 is 2.51 bits per heavy atom. The van der Waals surface area contributed by atoms with Gasteiger partial charge in [0.25, 0.3) is 0 Å². The molecule has 0 saturated carbocycles. The van der Waals surface area contributed by atoms with Crippen molar-refractivity contribution in [3.8, 4) is 0 Å². The van der Waals surface area contributed by atoms with Crippen molar-refractivity contribution >= 4 is 11.0 Å². The second kappa shape index (κ2) is 15.2. The average Bonchev–Trinajstić information content (AvgIpc) is 3.20. The standard InChI is InChI=1S/C29H38N2OS.C2H6/c1-2-10-26(15-9-22-33(32)31-23-28-12-4-5-13-29(28)24-31)27-14-8-11-25(16-17-27)18-21-30-19-6-3-7-20-30;1-2/h2,4-5,9-10,12-17,25H,1,3,6-8,11,18-24H2;1-2H3/b15-9-,26-10+;. The minimum absolute atomic E-state index is 0.540. The Morgan fingerprint density at radius 2 is 1.83 bits per heavy atom. The lowest BCUT2D eigenvalue weighted by Gasteiger charge is -2.27. The Bertz CT molecular complexity index is 927. The lowest BCUT2D eigenvalue weighted by atomic mass is 9.99. The largest absolute Gasteiger partial charge is 0.303 e. The Kier molecular flexibility index (Phi) is 12.0. The van der Waals surface area contributed by atoms with Gasteiger partial charge in [0.05, 0.1) is 16.7 Å². The predicted molar refractivity (Wildman–Crippen MR) is 152 cm³/mol. The topological polar surface area (TPSA) is 23.6 Å². The van der Waals surface area contributed by atoms with Gasteiger partial charge in [0.15, 0.2) is 0 Å². The van der Waals surface area contributed by atoms with Crippen LogP contribution in [0.25, 0.3) is 0 Å². The number of nitrogens with zero attached hydrogens (tertiary/aromatic N) is 2. The van der Waals surface area contributed by atoms with Crippen LogP contribution in [-0.4, -0.2) is 38.8 Å². The van der Waals surface area contributed by atoms with Gasteiger partial charge < -0.3 is 4.90 Å². The molecular formula is C31H44N2OS. The number of rotatable bonds is 9. The third-order valence-electron chi connectivity index (χ3n) is 6.98. The number of hydrogen-bond donors (Lipinski definition) is 0. The Labute approximate surface area is 216 Å². The van der Waals surface area contributed by atoms with Gasteiger partial charge in [0.1, 0.15) is 0 Å². The van der Waals surface area contributed by atoms with Gasteiger partial charge in [-0.1, -0.05) is 93.6 Å². The molecule has 35 heavy (non-hydrogen) atoms. The molecule has 2 aliphatic heterocycles. The zero-order chi connectivity index (χ0) is 24.9. The van der Waals surface area contributed by atoms with Gasteiger partial charge >= 0.3 is 0 Å². The van der Waals surface area contributed by atoms with Crippen LogP contribution >= 0.6 is 0 Å². The summed E-state index contributed by atoms with van der Waals surface area (Å²) in [5, 5.41) is 0. The Hall–Kier alpha value is -2.01. The SMILES string of the molecule is C=C/C=C(\C=C/CS(=O)N1Cc2ccccc2C1)C1=CCCC(CCN2CCCCC2)C=C1.CC. The van der Waals surface area contributed by atoms with E-state index in [4.69, 9.17) is 0 Å². The van der Waals surface area contributed by atoms with Crippen LogP contribution in [0.5, 0.6) is 0 Å². The van der Waals surface area contributed by atoms with Crippen LogP contribution < -0.4 is 0 Å². The van der Waals surface area contributed by atoms with Crippen LogP contribution in [0, 0.1) is 5.92 Å². The fraction of sp³-hybridized carbons (Fsp3) is 0.484. The molecule has 190 valence electrons. The number of piperidine rings is 1. The summed E-state index contributed by atoms with van der Waals surface area (Å²) < 4.78 is 14.9. The highest BCUT2D eigenvalue weighted by Crippen LogP contribution is 2.26. The molecule has 2 unspecified atom stereocenters. The Balaban J connectivity index is 0.00000167. The molecule has 0 aromatic heterocycles. The molecule has 4 rings (SSSR count). The second-order valence-corrected chi connectivity index (χ2v) is 10.9. The predicted octanol–water partition coefficient (Wildman–Crippen LogP) is 7.13. The van der Waals surface area contributed by atoms with Crippen LogP contribution in [0.3, 0.4) is 0 Å². The molecule has 1 aliphatic carbocycles. The van der Waals surface area contributed by atoms with E-state index in [0.29, 0.717) is 11.7 Å². The summed E-state index contributed by atoms with van der Waals surface area (Å²) in [6.45, 7) is 13.2. The fourth-order valence-corrected chi connectivity index (χ4v) is 6.06. The van der Waals surface area contributed by atoms with Gasteiger partial charge in [0, 0.05) is 13.1 Å². The number of hydrogen-bond acceptors (Lipinski definition) is 2. The van der Waals surface area contributed by atoms with Gasteiger partial charge in [-0.05, 0) is 79.9 Å². The quantitative estimate of drug-likeness (QED) is 0.342. The molecule has 2 atom stereocenters. The minimum Gasteiger partial charge on any atom is -0.303 e. The molecule has 3 aliphatic rings. The third-order valence-corrected chi connectivity index (χ3v) is 8.29. The summed E-state index contributed by atoms with van der Waals surface area (Å²) in [5.41, 5.74) is 5.00. The van der Waals surface area contributed by atoms with E-state index in [-0.39, 0.29) is 0 Å². The molecular weight excluding hydrogens is 448 g/mol. The molecule has 0 radical (unpaired) electrons. The van der Waals surface area contributed by atoms with Crippen molar-refractivity contribution in [2.45, 2.75) is 65.5 Å². The van der Waals surface area contributed by atoms with E-state index in [0.717, 1.165) is 25.1 Å². The monoisotopic (exact) mass is 492 g/mol. The van der Waals surface area contributed by atoms with Crippen molar-refractivity contribution in [3.05, 3.63) is 95.6 Å². The van der Waals surface area contributed by atoms with Crippen molar-refractivity contribution in [3.63, 3.8) is 0 Å². The van der Waals surface area contributed by atoms with Crippen molar-refractivity contribution in [2.24, 2.45) is 5.92 Å². The maximum absolute atomic E-state index is 12.8. The van der Waals surface area contributed by atoms with E-state index in [1.165, 1.54) is 68.4 Å². The molecule has 0 N–H and O–H groups in total. The van der Waals surface area contributed by atoms with E-state index in [1.807, 2.05) is 19.9 Å². The van der Waals surface area contributed by atoms with Gasteiger partial charge in [0.2, 0.25) is 0 Å². The van der Waals surface area contributed by atoms with Crippen LogP contribution in [-0.2, 0) is 24.1 Å². The first-order chi connectivity index (χ1) is 17.2. The van der Waals surface area contributed by atoms with Crippen molar-refractivity contribution in [1.82, 2.24) is 9.21 Å². The van der Waals surface area contributed by atoms with Crippen molar-refractivity contribution < 1.29 is 4.21 Å². The molecule has 1 fully saturated rings. The number of fused-ring (bicyclic) bond motifs is 1. The van der Waals surface area contributed by atoms with E-state index < -0.39 is 11.0 Å². The highest BCUT2D eigenvalue weighted by atomic mass is 32.2. The highest BCUT2D eigenvalue weighted by Gasteiger charge is 2.22. The summed E-state index contributed by atoms with van der Waals surface area (Å²) in [5.74, 6) is 1.19. The summed E-state index contributed by atoms with van der Waals surface area (Å²) >= 11 is 0. The fourth-order valence-electron chi connectivity index (χ4n) is 5.03. The van der Waals surface area contributed by atoms with Crippen molar-refractivity contribution in [2.75, 3.05) is 25.4 Å². The lowest BCUT2D eigenvalue weighted by molar-refractivity contribution is 0.217. The van der Waals surface area contributed by atoms with Gasteiger partial charge in [-0.25, -0.2) is 8.51 Å². The first-order valence-corrected chi connectivity index (χ1v) is 14.8. The summed E-state index contributed by atoms with van der Waals surface area (Å²) in [6, 6.07) is 8.39. The van der Waals surface area contributed by atoms with Gasteiger partial charge in [-0.15, -0.1) is 0 Å². The molecule has 1 saturated heterocycles. The lowest BCUT2D eigenvalue weighted by Crippen LogP contribution is -2.31. The highest BCUT2D eigenvalue weighted by molar-refractivity contribution is 7.82. The smallest absolute Gasteiger partial charge is 0.0987 e. The zero-order valence-electron chi connectivity index (χ0n) is 21.8. The minimum atomic E-state index is -1.01. The normalized spacial score (nSPS) is 22.2. The molecule has 0 amide bonds. The molecule has 2 heterocycles. The van der Waals surface area contributed by atoms with Crippen LogP contribution in [0.15, 0.2) is 84.5 Å². The maximum Gasteiger partial charge on any atom is 0.0987 e. The first-order valence-electron chi connectivity index (χ1n) is 13.5. The maximum atomic E-state index is 12.8. The molecule has 4 heteroatoms. The molecule has 0 bridgehead atoms. The van der Waals surface area contributed by atoms with Crippen LogP contribution in [0.1, 0.15) is 63.5 Å². The summed E-state index contributed by atoms with van der Waals surface area (Å²) in [6.07, 6.45) is 22.9. The van der Waals surface area contributed by atoms with Crippen LogP contribution in [0.2, 0.25) is 0 Å². The van der Waals surface area contributed by atoms with Crippen LogP contribution in [0.4, 0.5) is 0 Å². The van der Waals surface area contributed by atoms with E-state index in [2.05, 4.69) is 76.5 Å². The number of allylic oxidation sites excluding steroid dienone is 8.